The number of carbonyl (C=O) groups is 2. The van der Waals surface area contributed by atoms with Gasteiger partial charge >= 0.3 is 0 Å². The van der Waals surface area contributed by atoms with Gasteiger partial charge < -0.3 is 16.0 Å². The molecule has 1 unspecified atom stereocenters. The molecule has 4 N–H and O–H groups in total. The first-order valence-electron chi connectivity index (χ1n) is 11.0. The van der Waals surface area contributed by atoms with Gasteiger partial charge in [0.2, 0.25) is 11.8 Å². The SMILES string of the molecule is NCc1cccc(C2(C(=O)Nc3ccc(N4CCCCC4=O)cc3F)CCCCN2)c1. The molecule has 2 amide bonds. The molecule has 7 heteroatoms. The third kappa shape index (κ3) is 4.34. The van der Waals surface area contributed by atoms with Gasteiger partial charge in [0.1, 0.15) is 11.4 Å². The fraction of sp³-hybridized carbons (Fsp3) is 0.417. The fourth-order valence-corrected chi connectivity index (χ4v) is 4.52. The first-order valence-corrected chi connectivity index (χ1v) is 11.0. The Morgan fingerprint density at radius 2 is 2.03 bits per heavy atom. The average molecular weight is 425 g/mol. The number of hydrogen-bond acceptors (Lipinski definition) is 4. The summed E-state index contributed by atoms with van der Waals surface area (Å²) in [4.78, 5) is 27.2. The van der Waals surface area contributed by atoms with Crippen LogP contribution in [0.2, 0.25) is 0 Å². The molecule has 0 radical (unpaired) electrons. The van der Waals surface area contributed by atoms with E-state index in [1.54, 1.807) is 11.0 Å². The van der Waals surface area contributed by atoms with E-state index in [1.165, 1.54) is 12.1 Å². The van der Waals surface area contributed by atoms with Gasteiger partial charge in [-0.05, 0) is 68.0 Å². The smallest absolute Gasteiger partial charge is 0.249 e. The molecule has 2 aromatic rings. The fourth-order valence-electron chi connectivity index (χ4n) is 4.52. The number of halogens is 1. The standard InChI is InChI=1S/C24H29FN4O2/c25-20-15-19(29-13-4-1-8-22(29)30)9-10-21(20)28-23(31)24(11-2-3-12-27-24)18-7-5-6-17(14-18)16-26/h5-7,9-10,14-15,27H,1-4,8,11-13,16,26H2,(H,28,31). The minimum atomic E-state index is -0.933. The number of amides is 2. The van der Waals surface area contributed by atoms with Crippen LogP contribution in [0, 0.1) is 5.82 Å². The van der Waals surface area contributed by atoms with Crippen molar-refractivity contribution in [3.05, 3.63) is 59.4 Å². The van der Waals surface area contributed by atoms with Crippen molar-refractivity contribution in [3.63, 3.8) is 0 Å². The van der Waals surface area contributed by atoms with Crippen molar-refractivity contribution >= 4 is 23.2 Å². The van der Waals surface area contributed by atoms with Gasteiger partial charge in [-0.1, -0.05) is 24.3 Å². The number of piperidine rings is 2. The van der Waals surface area contributed by atoms with Gasteiger partial charge in [0.05, 0.1) is 5.69 Å². The van der Waals surface area contributed by atoms with Crippen molar-refractivity contribution in [2.24, 2.45) is 5.73 Å². The number of carbonyl (C=O) groups excluding carboxylic acids is 2. The molecule has 31 heavy (non-hydrogen) atoms. The van der Waals surface area contributed by atoms with E-state index in [-0.39, 0.29) is 17.5 Å². The maximum absolute atomic E-state index is 14.9. The molecule has 0 aliphatic carbocycles. The molecule has 2 saturated heterocycles. The van der Waals surface area contributed by atoms with Crippen LogP contribution in [0.1, 0.15) is 49.7 Å². The number of nitrogens with two attached hydrogens (primary N) is 1. The number of nitrogens with one attached hydrogen (secondary N) is 2. The summed E-state index contributed by atoms with van der Waals surface area (Å²) in [6, 6.07) is 12.2. The molecular formula is C24H29FN4O2. The Hall–Kier alpha value is -2.77. The first kappa shape index (κ1) is 21.5. The summed E-state index contributed by atoms with van der Waals surface area (Å²) in [6.07, 6.45) is 4.75. The van der Waals surface area contributed by atoms with Crippen LogP contribution in [0.5, 0.6) is 0 Å². The number of benzene rings is 2. The molecule has 2 aliphatic rings. The number of hydrogen-bond donors (Lipinski definition) is 3. The molecule has 2 aromatic carbocycles. The van der Waals surface area contributed by atoms with Crippen molar-refractivity contribution < 1.29 is 14.0 Å². The van der Waals surface area contributed by atoms with E-state index in [0.717, 1.165) is 36.8 Å². The second-order valence-corrected chi connectivity index (χ2v) is 8.31. The molecule has 2 fully saturated rings. The van der Waals surface area contributed by atoms with Gasteiger partial charge in [0.25, 0.3) is 0 Å². The van der Waals surface area contributed by atoms with Crippen LogP contribution < -0.4 is 21.3 Å². The third-order valence-electron chi connectivity index (χ3n) is 6.28. The molecular weight excluding hydrogens is 395 g/mol. The normalized spacial score (nSPS) is 21.7. The van der Waals surface area contributed by atoms with E-state index < -0.39 is 11.4 Å². The Bertz CT molecular complexity index is 972. The minimum Gasteiger partial charge on any atom is -0.326 e. The zero-order valence-electron chi connectivity index (χ0n) is 17.6. The highest BCUT2D eigenvalue weighted by Crippen LogP contribution is 2.33. The Morgan fingerprint density at radius 1 is 1.16 bits per heavy atom. The van der Waals surface area contributed by atoms with Crippen molar-refractivity contribution in [3.8, 4) is 0 Å². The van der Waals surface area contributed by atoms with E-state index in [4.69, 9.17) is 5.73 Å². The van der Waals surface area contributed by atoms with Crippen LogP contribution in [0.3, 0.4) is 0 Å². The highest BCUT2D eigenvalue weighted by atomic mass is 19.1. The Labute approximate surface area is 182 Å². The topological polar surface area (TPSA) is 87.5 Å². The van der Waals surface area contributed by atoms with Crippen LogP contribution in [0.15, 0.2) is 42.5 Å². The van der Waals surface area contributed by atoms with Gasteiger partial charge in [-0.3, -0.25) is 14.9 Å². The second-order valence-electron chi connectivity index (χ2n) is 8.31. The lowest BCUT2D eigenvalue weighted by atomic mass is 9.80. The molecule has 0 spiro atoms. The molecule has 0 saturated carbocycles. The predicted molar refractivity (Wildman–Crippen MR) is 119 cm³/mol. The quantitative estimate of drug-likeness (QED) is 0.687. The molecule has 0 bridgehead atoms. The zero-order valence-corrected chi connectivity index (χ0v) is 17.6. The lowest BCUT2D eigenvalue weighted by Crippen LogP contribution is -2.54. The maximum atomic E-state index is 14.9. The Balaban J connectivity index is 1.59. The molecule has 164 valence electrons. The van der Waals surface area contributed by atoms with Gasteiger partial charge in [-0.2, -0.15) is 0 Å². The van der Waals surface area contributed by atoms with Crippen molar-refractivity contribution in [1.29, 1.82) is 0 Å². The summed E-state index contributed by atoms with van der Waals surface area (Å²) >= 11 is 0. The van der Waals surface area contributed by atoms with Gasteiger partial charge in [-0.25, -0.2) is 4.39 Å². The van der Waals surface area contributed by atoms with Gasteiger partial charge in [-0.15, -0.1) is 0 Å². The highest BCUT2D eigenvalue weighted by molar-refractivity contribution is 5.99. The zero-order chi connectivity index (χ0) is 21.8. The Morgan fingerprint density at radius 3 is 2.74 bits per heavy atom. The van der Waals surface area contributed by atoms with E-state index >= 15 is 0 Å². The third-order valence-corrected chi connectivity index (χ3v) is 6.28. The van der Waals surface area contributed by atoms with Crippen LogP contribution >= 0.6 is 0 Å². The lowest BCUT2D eigenvalue weighted by Gasteiger charge is -2.37. The van der Waals surface area contributed by atoms with Crippen molar-refractivity contribution in [2.75, 3.05) is 23.3 Å². The van der Waals surface area contributed by atoms with E-state index in [2.05, 4.69) is 10.6 Å². The Kier molecular flexibility index (Phi) is 6.34. The number of anilines is 2. The summed E-state index contributed by atoms with van der Waals surface area (Å²) < 4.78 is 14.9. The molecule has 0 aromatic heterocycles. The minimum absolute atomic E-state index is 0.00702. The monoisotopic (exact) mass is 424 g/mol. The molecule has 2 heterocycles. The van der Waals surface area contributed by atoms with E-state index in [0.29, 0.717) is 38.2 Å². The van der Waals surface area contributed by atoms with Crippen LogP contribution in [-0.2, 0) is 21.7 Å². The van der Waals surface area contributed by atoms with Gasteiger partial charge in [0.15, 0.2) is 0 Å². The largest absolute Gasteiger partial charge is 0.326 e. The predicted octanol–water partition coefficient (Wildman–Crippen LogP) is 3.41. The number of rotatable bonds is 5. The van der Waals surface area contributed by atoms with Gasteiger partial charge in [0, 0.05) is 25.2 Å². The summed E-state index contributed by atoms with van der Waals surface area (Å²) in [5, 5.41) is 6.17. The van der Waals surface area contributed by atoms with Crippen LogP contribution in [0.25, 0.3) is 0 Å². The second kappa shape index (κ2) is 9.16. The maximum Gasteiger partial charge on any atom is 0.249 e. The van der Waals surface area contributed by atoms with E-state index in [1.807, 2.05) is 24.3 Å². The van der Waals surface area contributed by atoms with Crippen molar-refractivity contribution in [2.45, 2.75) is 50.6 Å². The molecule has 6 nitrogen and oxygen atoms in total. The summed E-state index contributed by atoms with van der Waals surface area (Å²) in [5.74, 6) is -0.833. The summed E-state index contributed by atoms with van der Waals surface area (Å²) in [7, 11) is 0. The number of nitrogens with zero attached hydrogens (tertiary/aromatic N) is 1. The van der Waals surface area contributed by atoms with Crippen LogP contribution in [0.4, 0.5) is 15.8 Å². The highest BCUT2D eigenvalue weighted by Gasteiger charge is 2.41. The summed E-state index contributed by atoms with van der Waals surface area (Å²) in [6.45, 7) is 1.68. The average Bonchev–Trinajstić information content (AvgIpc) is 2.81. The van der Waals surface area contributed by atoms with Crippen molar-refractivity contribution in [1.82, 2.24) is 5.32 Å². The van der Waals surface area contributed by atoms with Crippen LogP contribution in [-0.4, -0.2) is 24.9 Å². The molecule has 1 atom stereocenters. The summed E-state index contributed by atoms with van der Waals surface area (Å²) in [5.41, 5.74) is 7.28. The molecule has 4 rings (SSSR count). The molecule has 2 aliphatic heterocycles. The van der Waals surface area contributed by atoms with E-state index in [9.17, 15) is 14.0 Å². The first-order chi connectivity index (χ1) is 15.0. The lowest BCUT2D eigenvalue weighted by molar-refractivity contribution is -0.124.